The third kappa shape index (κ3) is 6.78. The SMILES string of the molecule is COc1cc2c(c(OC)c1OC)-c1ccc(NCCCC(=O)NCCc3nc4ccccc4n3C)c(=O)cc1[C@@H](NC(C)=O)CC2. The van der Waals surface area contributed by atoms with E-state index in [4.69, 9.17) is 14.2 Å². The van der Waals surface area contributed by atoms with E-state index in [0.717, 1.165) is 33.5 Å². The van der Waals surface area contributed by atoms with E-state index in [2.05, 4.69) is 20.9 Å². The van der Waals surface area contributed by atoms with Crippen LogP contribution in [0.3, 0.4) is 0 Å². The van der Waals surface area contributed by atoms with Crippen LogP contribution in [-0.2, 0) is 29.5 Å². The van der Waals surface area contributed by atoms with Gasteiger partial charge in [0, 0.05) is 45.5 Å². The van der Waals surface area contributed by atoms with Gasteiger partial charge >= 0.3 is 0 Å². The number of hydrogen-bond acceptors (Lipinski definition) is 8. The van der Waals surface area contributed by atoms with Gasteiger partial charge in [0.25, 0.3) is 0 Å². The number of amides is 2. The van der Waals surface area contributed by atoms with Gasteiger partial charge in [-0.1, -0.05) is 18.2 Å². The van der Waals surface area contributed by atoms with Crippen LogP contribution in [0.5, 0.6) is 17.2 Å². The molecule has 0 unspecified atom stereocenters. The summed E-state index contributed by atoms with van der Waals surface area (Å²) >= 11 is 0. The van der Waals surface area contributed by atoms with Gasteiger partial charge < -0.3 is 34.7 Å². The fourth-order valence-corrected chi connectivity index (χ4v) is 6.15. The lowest BCUT2D eigenvalue weighted by Crippen LogP contribution is -2.27. The number of anilines is 1. The second-order valence-corrected chi connectivity index (χ2v) is 11.3. The second kappa shape index (κ2) is 14.4. The first-order valence-corrected chi connectivity index (χ1v) is 15.4. The number of fused-ring (bicyclic) bond motifs is 4. The number of carbonyl (C=O) groups excluding carboxylic acids is 2. The van der Waals surface area contributed by atoms with Gasteiger partial charge in [0.05, 0.1) is 44.1 Å². The molecular formula is C35H41N5O6. The van der Waals surface area contributed by atoms with Crippen LogP contribution in [0.2, 0.25) is 0 Å². The van der Waals surface area contributed by atoms with Crippen molar-refractivity contribution in [2.24, 2.45) is 7.05 Å². The zero-order valence-electron chi connectivity index (χ0n) is 27.0. The van der Waals surface area contributed by atoms with E-state index in [-0.39, 0.29) is 23.3 Å². The van der Waals surface area contributed by atoms with E-state index in [1.54, 1.807) is 33.5 Å². The lowest BCUT2D eigenvalue weighted by molar-refractivity contribution is -0.121. The molecule has 1 atom stereocenters. The first-order chi connectivity index (χ1) is 22.2. The highest BCUT2D eigenvalue weighted by Crippen LogP contribution is 2.50. The van der Waals surface area contributed by atoms with Gasteiger partial charge in [-0.05, 0) is 66.3 Å². The molecule has 11 nitrogen and oxygen atoms in total. The molecule has 2 amide bonds. The predicted molar refractivity (Wildman–Crippen MR) is 178 cm³/mol. The fourth-order valence-electron chi connectivity index (χ4n) is 6.15. The minimum absolute atomic E-state index is 0.0560. The maximum atomic E-state index is 13.5. The molecule has 0 fully saturated rings. The number of aryl methyl sites for hydroxylation is 2. The van der Waals surface area contributed by atoms with Crippen molar-refractivity contribution >= 4 is 28.5 Å². The molecule has 0 radical (unpaired) electrons. The number of carbonyl (C=O) groups is 2. The smallest absolute Gasteiger partial charge is 0.220 e. The number of hydrogen-bond donors (Lipinski definition) is 3. The van der Waals surface area contributed by atoms with Crippen LogP contribution in [0.25, 0.3) is 22.2 Å². The Bertz CT molecular complexity index is 1820. The first kappa shape index (κ1) is 32.3. The highest BCUT2D eigenvalue weighted by atomic mass is 16.5. The number of nitrogens with one attached hydrogen (secondary N) is 3. The molecule has 5 rings (SSSR count). The largest absolute Gasteiger partial charge is 0.493 e. The molecule has 0 saturated carbocycles. The molecule has 11 heteroatoms. The molecular weight excluding hydrogens is 586 g/mol. The number of nitrogens with zero attached hydrogens (tertiary/aromatic N) is 2. The van der Waals surface area contributed by atoms with E-state index in [1.807, 2.05) is 48.0 Å². The van der Waals surface area contributed by atoms with E-state index < -0.39 is 0 Å². The standard InChI is InChI=1S/C35H41N5O6/c1-21(41)38-25-14-12-22-19-30(44-3)34(45-4)35(46-5)33(22)23-13-15-27(29(42)20-24(23)25)36-17-8-11-32(43)37-18-16-31-39-26-9-6-7-10-28(26)40(31)2/h6-7,9-10,13,15,19-20,25H,8,11-12,14,16-18H2,1-5H3,(H,36,42)(H,37,43)(H,38,41)/t25-/m0/s1. The number of para-hydroxylation sites is 2. The first-order valence-electron chi connectivity index (χ1n) is 15.4. The molecule has 3 aromatic carbocycles. The van der Waals surface area contributed by atoms with Gasteiger partial charge in [-0.2, -0.15) is 0 Å². The summed E-state index contributed by atoms with van der Waals surface area (Å²) in [6.07, 6.45) is 2.69. The Hall–Kier alpha value is -5.06. The summed E-state index contributed by atoms with van der Waals surface area (Å²) in [6, 6.07) is 14.7. The summed E-state index contributed by atoms with van der Waals surface area (Å²) < 4.78 is 19.1. The number of aromatic nitrogens is 2. The molecule has 46 heavy (non-hydrogen) atoms. The van der Waals surface area contributed by atoms with Gasteiger partial charge in [-0.15, -0.1) is 0 Å². The molecule has 1 heterocycles. The number of rotatable bonds is 12. The monoisotopic (exact) mass is 627 g/mol. The number of imidazole rings is 1. The molecule has 4 aromatic rings. The van der Waals surface area contributed by atoms with Crippen LogP contribution < -0.4 is 35.6 Å². The molecule has 0 spiro atoms. The minimum Gasteiger partial charge on any atom is -0.493 e. The van der Waals surface area contributed by atoms with Crippen molar-refractivity contribution in [3.63, 3.8) is 0 Å². The molecule has 242 valence electrons. The molecule has 3 N–H and O–H groups in total. The highest BCUT2D eigenvalue weighted by molar-refractivity contribution is 5.84. The van der Waals surface area contributed by atoms with Gasteiger partial charge in [-0.25, -0.2) is 4.98 Å². The third-order valence-electron chi connectivity index (χ3n) is 8.36. The average molecular weight is 628 g/mol. The van der Waals surface area contributed by atoms with Crippen LogP contribution >= 0.6 is 0 Å². The van der Waals surface area contributed by atoms with Crippen molar-refractivity contribution in [3.8, 4) is 28.4 Å². The van der Waals surface area contributed by atoms with Crippen molar-refractivity contribution in [1.29, 1.82) is 0 Å². The van der Waals surface area contributed by atoms with Crippen molar-refractivity contribution in [3.05, 3.63) is 75.7 Å². The van der Waals surface area contributed by atoms with Crippen molar-refractivity contribution < 1.29 is 23.8 Å². The number of methoxy groups -OCH3 is 3. The lowest BCUT2D eigenvalue weighted by atomic mass is 9.95. The summed E-state index contributed by atoms with van der Waals surface area (Å²) in [6.45, 7) is 2.39. The van der Waals surface area contributed by atoms with E-state index in [0.29, 0.717) is 73.7 Å². The van der Waals surface area contributed by atoms with Crippen molar-refractivity contribution in [1.82, 2.24) is 20.2 Å². The van der Waals surface area contributed by atoms with Crippen LogP contribution in [0.15, 0.2) is 53.3 Å². The normalized spacial score (nSPS) is 13.6. The summed E-state index contributed by atoms with van der Waals surface area (Å²) in [5.41, 5.74) is 5.39. The zero-order valence-corrected chi connectivity index (χ0v) is 27.0. The summed E-state index contributed by atoms with van der Waals surface area (Å²) in [5, 5.41) is 9.20. The van der Waals surface area contributed by atoms with Crippen molar-refractivity contribution in [2.45, 2.75) is 45.1 Å². The van der Waals surface area contributed by atoms with Crippen LogP contribution in [-0.4, -0.2) is 55.8 Å². The van der Waals surface area contributed by atoms with Crippen LogP contribution in [0.4, 0.5) is 5.69 Å². The predicted octanol–water partition coefficient (Wildman–Crippen LogP) is 4.30. The average Bonchev–Trinajstić information content (AvgIpc) is 3.17. The Morgan fingerprint density at radius 3 is 2.50 bits per heavy atom. The molecule has 1 aliphatic rings. The fraction of sp³-hybridized carbons (Fsp3) is 0.371. The molecule has 0 aliphatic heterocycles. The number of benzene rings is 2. The van der Waals surface area contributed by atoms with Gasteiger partial charge in [-0.3, -0.25) is 14.4 Å². The Morgan fingerprint density at radius 1 is 1.00 bits per heavy atom. The Kier molecular flexibility index (Phi) is 10.1. The van der Waals surface area contributed by atoms with Crippen LogP contribution in [0, 0.1) is 0 Å². The summed E-state index contributed by atoms with van der Waals surface area (Å²) in [4.78, 5) is 42.8. The maximum Gasteiger partial charge on any atom is 0.220 e. The quantitative estimate of drug-likeness (QED) is 0.198. The molecule has 0 bridgehead atoms. The Morgan fingerprint density at radius 2 is 1.78 bits per heavy atom. The van der Waals surface area contributed by atoms with Gasteiger partial charge in [0.15, 0.2) is 11.5 Å². The second-order valence-electron chi connectivity index (χ2n) is 11.3. The summed E-state index contributed by atoms with van der Waals surface area (Å²) in [5.74, 6) is 2.16. The molecule has 0 saturated heterocycles. The van der Waals surface area contributed by atoms with E-state index in [9.17, 15) is 14.4 Å². The van der Waals surface area contributed by atoms with Gasteiger partial charge in [0.1, 0.15) is 5.82 Å². The lowest BCUT2D eigenvalue weighted by Gasteiger charge is -2.19. The topological polar surface area (TPSA) is 133 Å². The zero-order chi connectivity index (χ0) is 32.8. The van der Waals surface area contributed by atoms with Crippen LogP contribution in [0.1, 0.15) is 49.2 Å². The highest BCUT2D eigenvalue weighted by Gasteiger charge is 2.29. The number of ether oxygens (including phenoxy) is 3. The summed E-state index contributed by atoms with van der Waals surface area (Å²) in [7, 11) is 6.67. The third-order valence-corrected chi connectivity index (χ3v) is 8.36. The Labute approximate surface area is 268 Å². The molecule has 1 aliphatic carbocycles. The molecule has 1 aromatic heterocycles. The Balaban J connectivity index is 1.29. The van der Waals surface area contributed by atoms with E-state index in [1.165, 1.54) is 6.92 Å². The maximum absolute atomic E-state index is 13.5. The minimum atomic E-state index is -0.387. The van der Waals surface area contributed by atoms with E-state index >= 15 is 0 Å². The van der Waals surface area contributed by atoms with Crippen molar-refractivity contribution in [2.75, 3.05) is 39.7 Å². The van der Waals surface area contributed by atoms with Gasteiger partial charge in [0.2, 0.25) is 23.0 Å².